The minimum absolute atomic E-state index is 0.455. The summed E-state index contributed by atoms with van der Waals surface area (Å²) in [5.74, 6) is -0.455. The second-order valence-corrected chi connectivity index (χ2v) is 6.57. The number of nitrogens with one attached hydrogen (secondary N) is 1. The fourth-order valence-electron chi connectivity index (χ4n) is 3.28. The van der Waals surface area contributed by atoms with Crippen LogP contribution in [-0.4, -0.2) is 14.5 Å². The van der Waals surface area contributed by atoms with Gasteiger partial charge in [-0.15, -0.1) is 0 Å². The van der Waals surface area contributed by atoms with Crippen molar-refractivity contribution >= 4 is 11.1 Å². The van der Waals surface area contributed by atoms with E-state index in [1.807, 2.05) is 41.0 Å². The number of nitrogens with zero attached hydrogens (tertiary/aromatic N) is 2. The molecule has 4 aromatic rings. The summed E-state index contributed by atoms with van der Waals surface area (Å²) in [5.41, 5.74) is 11.8. The van der Waals surface area contributed by atoms with Gasteiger partial charge in [0.25, 0.3) is 0 Å². The summed E-state index contributed by atoms with van der Waals surface area (Å²) in [6, 6.07) is 15.8. The van der Waals surface area contributed by atoms with E-state index in [4.69, 9.17) is 10.2 Å². The fourth-order valence-corrected chi connectivity index (χ4v) is 3.28. The molecule has 27 heavy (non-hydrogen) atoms. The van der Waals surface area contributed by atoms with Crippen LogP contribution < -0.4 is 11.5 Å². The van der Waals surface area contributed by atoms with Crippen LogP contribution in [-0.2, 0) is 19.4 Å². The lowest BCUT2D eigenvalue weighted by Crippen LogP contribution is -2.10. The van der Waals surface area contributed by atoms with E-state index in [0.29, 0.717) is 29.8 Å². The summed E-state index contributed by atoms with van der Waals surface area (Å²) >= 11 is 0. The molecule has 6 heteroatoms. The van der Waals surface area contributed by atoms with Gasteiger partial charge in [-0.25, -0.2) is 9.78 Å². The van der Waals surface area contributed by atoms with Gasteiger partial charge in [0.2, 0.25) is 0 Å². The van der Waals surface area contributed by atoms with Gasteiger partial charge in [-0.1, -0.05) is 49.0 Å². The summed E-state index contributed by atoms with van der Waals surface area (Å²) in [7, 11) is 0. The molecule has 0 spiro atoms. The molecule has 0 atom stereocenters. The minimum atomic E-state index is -0.455. The Morgan fingerprint density at radius 2 is 2.00 bits per heavy atom. The maximum absolute atomic E-state index is 11.5. The topological polar surface area (TPSA) is 89.8 Å². The molecular weight excluding hydrogens is 340 g/mol. The van der Waals surface area contributed by atoms with Crippen LogP contribution in [0.15, 0.2) is 76.3 Å². The lowest BCUT2D eigenvalue weighted by molar-refractivity contribution is 0.549. The number of hydrogen-bond donors (Lipinski definition) is 2. The molecule has 3 N–H and O–H groups in total. The number of para-hydroxylation sites is 1. The van der Waals surface area contributed by atoms with Gasteiger partial charge in [0.1, 0.15) is 0 Å². The first-order valence-corrected chi connectivity index (χ1v) is 8.71. The van der Waals surface area contributed by atoms with Crippen molar-refractivity contribution < 1.29 is 4.42 Å². The standard InChI is InChI=1S/C21H20N4O2/c1-14(22)10-19-18(11-15-6-3-2-4-7-15)23-13-25(19)12-16-8-5-9-17-20(16)27-21(26)24-17/h2-9,13H,1,10-12,22H2,(H,24,26). The normalized spacial score (nSPS) is 11.1. The van der Waals surface area contributed by atoms with Gasteiger partial charge in [0.15, 0.2) is 5.58 Å². The maximum atomic E-state index is 11.5. The van der Waals surface area contributed by atoms with Crippen molar-refractivity contribution in [2.24, 2.45) is 5.73 Å². The highest BCUT2D eigenvalue weighted by Crippen LogP contribution is 2.20. The Morgan fingerprint density at radius 1 is 1.19 bits per heavy atom. The zero-order valence-corrected chi connectivity index (χ0v) is 14.8. The molecular formula is C21H20N4O2. The number of oxazole rings is 1. The van der Waals surface area contributed by atoms with Crippen LogP contribution in [0.2, 0.25) is 0 Å². The molecule has 2 heterocycles. The zero-order chi connectivity index (χ0) is 18.8. The number of aromatic amines is 1. The van der Waals surface area contributed by atoms with Gasteiger partial charge >= 0.3 is 5.76 Å². The summed E-state index contributed by atoms with van der Waals surface area (Å²) < 4.78 is 7.35. The van der Waals surface area contributed by atoms with Gasteiger partial charge in [-0.05, 0) is 11.6 Å². The Morgan fingerprint density at radius 3 is 2.78 bits per heavy atom. The first kappa shape index (κ1) is 16.9. The van der Waals surface area contributed by atoms with Crippen molar-refractivity contribution in [1.82, 2.24) is 14.5 Å². The lowest BCUT2D eigenvalue weighted by atomic mass is 10.1. The second kappa shape index (κ2) is 6.99. The number of imidazole rings is 1. The molecule has 2 aromatic heterocycles. The zero-order valence-electron chi connectivity index (χ0n) is 14.8. The highest BCUT2D eigenvalue weighted by molar-refractivity contribution is 5.75. The van der Waals surface area contributed by atoms with E-state index in [1.165, 1.54) is 5.56 Å². The van der Waals surface area contributed by atoms with Crippen LogP contribution in [0.25, 0.3) is 11.1 Å². The number of nitrogens with two attached hydrogens (primary N) is 1. The smallest absolute Gasteiger partial charge is 0.407 e. The number of H-pyrrole nitrogens is 1. The minimum Gasteiger partial charge on any atom is -0.407 e. The predicted molar refractivity (Wildman–Crippen MR) is 104 cm³/mol. The Bertz CT molecular complexity index is 1150. The molecule has 0 aliphatic heterocycles. The van der Waals surface area contributed by atoms with Crippen LogP contribution in [0.3, 0.4) is 0 Å². The molecule has 0 amide bonds. The van der Waals surface area contributed by atoms with Gasteiger partial charge in [-0.2, -0.15) is 0 Å². The average molecular weight is 360 g/mol. The fraction of sp³-hybridized carbons (Fsp3) is 0.143. The molecule has 2 aromatic carbocycles. The van der Waals surface area contributed by atoms with E-state index in [9.17, 15) is 4.79 Å². The Labute approximate surface area is 156 Å². The van der Waals surface area contributed by atoms with E-state index >= 15 is 0 Å². The van der Waals surface area contributed by atoms with Crippen LogP contribution >= 0.6 is 0 Å². The van der Waals surface area contributed by atoms with E-state index in [2.05, 4.69) is 28.7 Å². The van der Waals surface area contributed by atoms with Gasteiger partial charge < -0.3 is 14.7 Å². The first-order valence-electron chi connectivity index (χ1n) is 8.71. The molecule has 0 bridgehead atoms. The Balaban J connectivity index is 1.71. The van der Waals surface area contributed by atoms with Gasteiger partial charge in [-0.3, -0.25) is 4.98 Å². The lowest BCUT2D eigenvalue weighted by Gasteiger charge is -2.11. The molecule has 0 aliphatic carbocycles. The number of rotatable bonds is 6. The van der Waals surface area contributed by atoms with Crippen molar-refractivity contribution in [3.63, 3.8) is 0 Å². The number of fused-ring (bicyclic) bond motifs is 1. The Kier molecular flexibility index (Phi) is 4.38. The van der Waals surface area contributed by atoms with Crippen LogP contribution in [0.1, 0.15) is 22.5 Å². The first-order chi connectivity index (χ1) is 13.1. The third-order valence-electron chi connectivity index (χ3n) is 4.51. The summed E-state index contributed by atoms with van der Waals surface area (Å²) in [5, 5.41) is 0. The SMILES string of the molecule is C=C(N)Cc1c(Cc2ccccc2)ncn1Cc1cccc2[nH]c(=O)oc12. The molecule has 0 aliphatic rings. The maximum Gasteiger partial charge on any atom is 0.417 e. The van der Waals surface area contributed by atoms with E-state index in [1.54, 1.807) is 6.33 Å². The van der Waals surface area contributed by atoms with Crippen molar-refractivity contribution in [2.75, 3.05) is 0 Å². The molecule has 4 rings (SSSR count). The quantitative estimate of drug-likeness (QED) is 0.553. The third-order valence-corrected chi connectivity index (χ3v) is 4.51. The molecule has 0 saturated heterocycles. The number of benzene rings is 2. The molecule has 0 fully saturated rings. The van der Waals surface area contributed by atoms with Gasteiger partial charge in [0, 0.05) is 29.8 Å². The predicted octanol–water partition coefficient (Wildman–Crippen LogP) is 2.97. The van der Waals surface area contributed by atoms with Gasteiger partial charge in [0.05, 0.1) is 24.1 Å². The second-order valence-electron chi connectivity index (χ2n) is 6.57. The largest absolute Gasteiger partial charge is 0.417 e. The summed E-state index contributed by atoms with van der Waals surface area (Å²) in [6.45, 7) is 4.38. The Hall–Kier alpha value is -3.54. The molecule has 0 unspecified atom stereocenters. The van der Waals surface area contributed by atoms with Crippen molar-refractivity contribution in [1.29, 1.82) is 0 Å². The average Bonchev–Trinajstić information content (AvgIpc) is 3.20. The highest BCUT2D eigenvalue weighted by Gasteiger charge is 2.14. The third kappa shape index (κ3) is 3.55. The van der Waals surface area contributed by atoms with E-state index < -0.39 is 5.76 Å². The van der Waals surface area contributed by atoms with E-state index in [-0.39, 0.29) is 0 Å². The van der Waals surface area contributed by atoms with Crippen molar-refractivity contribution in [3.05, 3.63) is 100 Å². The monoisotopic (exact) mass is 360 g/mol. The number of hydrogen-bond acceptors (Lipinski definition) is 4. The number of aromatic nitrogens is 3. The summed E-state index contributed by atoms with van der Waals surface area (Å²) in [4.78, 5) is 18.8. The van der Waals surface area contributed by atoms with Crippen LogP contribution in [0, 0.1) is 0 Å². The molecule has 136 valence electrons. The van der Waals surface area contributed by atoms with Crippen LogP contribution in [0.5, 0.6) is 0 Å². The molecule has 6 nitrogen and oxygen atoms in total. The van der Waals surface area contributed by atoms with Crippen molar-refractivity contribution in [2.45, 2.75) is 19.4 Å². The molecule has 0 radical (unpaired) electrons. The number of allylic oxidation sites excluding steroid dienone is 1. The van der Waals surface area contributed by atoms with E-state index in [0.717, 1.165) is 23.4 Å². The summed E-state index contributed by atoms with van der Waals surface area (Å²) in [6.07, 6.45) is 3.06. The van der Waals surface area contributed by atoms with Crippen LogP contribution in [0.4, 0.5) is 0 Å². The molecule has 0 saturated carbocycles. The highest BCUT2D eigenvalue weighted by atomic mass is 16.4. The van der Waals surface area contributed by atoms with Crippen molar-refractivity contribution in [3.8, 4) is 0 Å².